The second kappa shape index (κ2) is 5.59. The van der Waals surface area contributed by atoms with Crippen molar-refractivity contribution in [3.8, 4) is 0 Å². The monoisotopic (exact) mass is 275 g/mol. The molecule has 0 amide bonds. The summed E-state index contributed by atoms with van der Waals surface area (Å²) in [4.78, 5) is 15.6. The maximum Gasteiger partial charge on any atom is 0.336 e. The number of carboxylic acids is 1. The third kappa shape index (κ3) is 2.67. The van der Waals surface area contributed by atoms with E-state index in [1.165, 1.54) is 0 Å². The van der Waals surface area contributed by atoms with E-state index < -0.39 is 5.97 Å². The molecule has 2 aromatic carbocycles. The van der Waals surface area contributed by atoms with Crippen molar-refractivity contribution < 1.29 is 9.90 Å². The summed E-state index contributed by atoms with van der Waals surface area (Å²) in [5.74, 6) is -0.942. The highest BCUT2D eigenvalue weighted by Gasteiger charge is 2.13. The second-order valence-electron chi connectivity index (χ2n) is 4.67. The van der Waals surface area contributed by atoms with Crippen molar-refractivity contribution in [3.63, 3.8) is 0 Å². The maximum absolute atomic E-state index is 11.7. The number of hydrogen-bond acceptors (Lipinski definition) is 2. The number of aliphatic carboxylic acids is 1. The van der Waals surface area contributed by atoms with Crippen LogP contribution in [0, 0.1) is 0 Å². The van der Waals surface area contributed by atoms with Crippen molar-refractivity contribution in [1.82, 2.24) is 4.98 Å². The molecule has 3 heteroatoms. The molecule has 0 aliphatic heterocycles. The van der Waals surface area contributed by atoms with Gasteiger partial charge in [-0.2, -0.15) is 0 Å². The van der Waals surface area contributed by atoms with Crippen LogP contribution in [-0.2, 0) is 4.79 Å². The molecule has 0 fully saturated rings. The molecule has 1 aromatic heterocycles. The number of aromatic nitrogens is 1. The number of nitrogens with zero attached hydrogens (tertiary/aromatic N) is 1. The van der Waals surface area contributed by atoms with Crippen molar-refractivity contribution in [2.75, 3.05) is 0 Å². The molecule has 3 rings (SSSR count). The molecule has 0 radical (unpaired) electrons. The minimum absolute atomic E-state index is 0.276. The first-order chi connectivity index (χ1) is 10.3. The Kier molecular flexibility index (Phi) is 3.48. The van der Waals surface area contributed by atoms with Crippen molar-refractivity contribution in [1.29, 1.82) is 0 Å². The molecule has 102 valence electrons. The number of carbonyl (C=O) groups is 1. The summed E-state index contributed by atoms with van der Waals surface area (Å²) in [6.07, 6.45) is 4.97. The first kappa shape index (κ1) is 13.1. The van der Waals surface area contributed by atoms with Gasteiger partial charge in [0.25, 0.3) is 0 Å². The fourth-order valence-electron chi connectivity index (χ4n) is 2.34. The van der Waals surface area contributed by atoms with Gasteiger partial charge in [0, 0.05) is 12.4 Å². The van der Waals surface area contributed by atoms with Gasteiger partial charge in [0.2, 0.25) is 0 Å². The lowest BCUT2D eigenvalue weighted by Gasteiger charge is -2.07. The SMILES string of the molecule is O=C(O)/C(=C\c1ccncc1)c1cccc2ccccc12. The quantitative estimate of drug-likeness (QED) is 0.738. The molecule has 21 heavy (non-hydrogen) atoms. The molecule has 0 saturated heterocycles. The lowest BCUT2D eigenvalue weighted by molar-refractivity contribution is -0.130. The lowest BCUT2D eigenvalue weighted by atomic mass is 9.97. The molecule has 0 saturated carbocycles. The third-order valence-electron chi connectivity index (χ3n) is 3.33. The Morgan fingerprint density at radius 2 is 1.67 bits per heavy atom. The molecule has 0 aliphatic carbocycles. The van der Waals surface area contributed by atoms with Crippen LogP contribution in [0.3, 0.4) is 0 Å². The molecule has 1 N–H and O–H groups in total. The van der Waals surface area contributed by atoms with Gasteiger partial charge in [-0.1, -0.05) is 42.5 Å². The zero-order valence-corrected chi connectivity index (χ0v) is 11.2. The summed E-state index contributed by atoms with van der Waals surface area (Å²) in [6, 6.07) is 17.0. The zero-order valence-electron chi connectivity index (χ0n) is 11.2. The Hall–Kier alpha value is -2.94. The Labute approximate surface area is 122 Å². The Balaban J connectivity index is 2.22. The van der Waals surface area contributed by atoms with Crippen LogP contribution in [0.5, 0.6) is 0 Å². The van der Waals surface area contributed by atoms with Crippen LogP contribution < -0.4 is 0 Å². The molecule has 0 spiro atoms. The van der Waals surface area contributed by atoms with E-state index in [9.17, 15) is 9.90 Å². The van der Waals surface area contributed by atoms with Gasteiger partial charge >= 0.3 is 5.97 Å². The maximum atomic E-state index is 11.7. The van der Waals surface area contributed by atoms with Gasteiger partial charge in [-0.05, 0) is 40.1 Å². The molecule has 0 unspecified atom stereocenters. The number of rotatable bonds is 3. The number of benzene rings is 2. The summed E-state index contributed by atoms with van der Waals surface area (Å²) >= 11 is 0. The first-order valence-electron chi connectivity index (χ1n) is 6.59. The normalized spacial score (nSPS) is 11.5. The van der Waals surface area contributed by atoms with Gasteiger partial charge in [-0.15, -0.1) is 0 Å². The average molecular weight is 275 g/mol. The Morgan fingerprint density at radius 3 is 2.43 bits per heavy atom. The average Bonchev–Trinajstić information content (AvgIpc) is 2.53. The van der Waals surface area contributed by atoms with Crippen LogP contribution in [0.2, 0.25) is 0 Å². The molecule has 0 bridgehead atoms. The predicted molar refractivity (Wildman–Crippen MR) is 83.7 cm³/mol. The van der Waals surface area contributed by atoms with Crippen LogP contribution in [0.1, 0.15) is 11.1 Å². The number of carboxylic acid groups (broad SMARTS) is 1. The molecule has 0 aliphatic rings. The van der Waals surface area contributed by atoms with E-state index in [0.29, 0.717) is 0 Å². The topological polar surface area (TPSA) is 50.2 Å². The van der Waals surface area contributed by atoms with Crippen molar-refractivity contribution in [2.45, 2.75) is 0 Å². The largest absolute Gasteiger partial charge is 0.478 e. The fraction of sp³-hybridized carbons (Fsp3) is 0. The smallest absolute Gasteiger partial charge is 0.336 e. The molecule has 1 heterocycles. The highest BCUT2D eigenvalue weighted by Crippen LogP contribution is 2.26. The van der Waals surface area contributed by atoms with E-state index in [0.717, 1.165) is 21.9 Å². The minimum atomic E-state index is -0.942. The number of fused-ring (bicyclic) bond motifs is 1. The molecular weight excluding hydrogens is 262 g/mol. The molecule has 3 nitrogen and oxygen atoms in total. The van der Waals surface area contributed by atoms with E-state index >= 15 is 0 Å². The fourth-order valence-corrected chi connectivity index (χ4v) is 2.34. The van der Waals surface area contributed by atoms with Crippen LogP contribution in [-0.4, -0.2) is 16.1 Å². The summed E-state index contributed by atoms with van der Waals surface area (Å²) in [6.45, 7) is 0. The van der Waals surface area contributed by atoms with E-state index in [1.54, 1.807) is 30.6 Å². The molecule has 0 atom stereocenters. The van der Waals surface area contributed by atoms with Crippen LogP contribution in [0.25, 0.3) is 22.4 Å². The first-order valence-corrected chi connectivity index (χ1v) is 6.59. The van der Waals surface area contributed by atoms with Crippen molar-refractivity contribution in [2.24, 2.45) is 0 Å². The van der Waals surface area contributed by atoms with E-state index in [4.69, 9.17) is 0 Å². The third-order valence-corrected chi connectivity index (χ3v) is 3.33. The van der Waals surface area contributed by atoms with Gasteiger partial charge in [-0.3, -0.25) is 4.98 Å². The van der Waals surface area contributed by atoms with Crippen LogP contribution in [0.4, 0.5) is 0 Å². The van der Waals surface area contributed by atoms with Gasteiger partial charge in [0.05, 0.1) is 5.57 Å². The minimum Gasteiger partial charge on any atom is -0.478 e. The zero-order chi connectivity index (χ0) is 14.7. The lowest BCUT2D eigenvalue weighted by Crippen LogP contribution is -2.00. The highest BCUT2D eigenvalue weighted by molar-refractivity contribution is 6.23. The Morgan fingerprint density at radius 1 is 0.952 bits per heavy atom. The highest BCUT2D eigenvalue weighted by atomic mass is 16.4. The number of pyridine rings is 1. The van der Waals surface area contributed by atoms with Gasteiger partial charge in [0.1, 0.15) is 0 Å². The standard InChI is InChI=1S/C18H13NO2/c20-18(21)17(12-13-8-10-19-11-9-13)16-7-3-5-14-4-1-2-6-15(14)16/h1-12H,(H,20,21)/b17-12-. The van der Waals surface area contributed by atoms with Gasteiger partial charge in [0.15, 0.2) is 0 Å². The Bertz CT molecular complexity index is 818. The van der Waals surface area contributed by atoms with Crippen molar-refractivity contribution in [3.05, 3.63) is 78.1 Å². The molecular formula is C18H13NO2. The summed E-state index contributed by atoms with van der Waals surface area (Å²) < 4.78 is 0. The van der Waals surface area contributed by atoms with Gasteiger partial charge in [-0.25, -0.2) is 4.79 Å². The summed E-state index contributed by atoms with van der Waals surface area (Å²) in [5.41, 5.74) is 1.81. The van der Waals surface area contributed by atoms with Gasteiger partial charge < -0.3 is 5.11 Å². The van der Waals surface area contributed by atoms with Crippen LogP contribution >= 0.6 is 0 Å². The van der Waals surface area contributed by atoms with E-state index in [2.05, 4.69) is 4.98 Å². The summed E-state index contributed by atoms with van der Waals surface area (Å²) in [7, 11) is 0. The molecule has 3 aromatic rings. The van der Waals surface area contributed by atoms with E-state index in [-0.39, 0.29) is 5.57 Å². The predicted octanol–water partition coefficient (Wildman–Crippen LogP) is 3.86. The van der Waals surface area contributed by atoms with Crippen molar-refractivity contribution >= 4 is 28.4 Å². The summed E-state index contributed by atoms with van der Waals surface area (Å²) in [5, 5.41) is 11.5. The van der Waals surface area contributed by atoms with Crippen LogP contribution in [0.15, 0.2) is 67.0 Å². The number of hydrogen-bond donors (Lipinski definition) is 1. The van der Waals surface area contributed by atoms with E-state index in [1.807, 2.05) is 42.5 Å². The second-order valence-corrected chi connectivity index (χ2v) is 4.67.